The molecule has 2 saturated heterocycles. The summed E-state index contributed by atoms with van der Waals surface area (Å²) in [7, 11) is 1.70. The second-order valence-corrected chi connectivity index (χ2v) is 17.0. The molecule has 5 heterocycles. The highest BCUT2D eigenvalue weighted by Crippen LogP contribution is 2.63. The van der Waals surface area contributed by atoms with E-state index in [1.807, 2.05) is 38.1 Å². The Morgan fingerprint density at radius 1 is 1.07 bits per heavy atom. The number of carbonyl (C=O) groups is 5. The van der Waals surface area contributed by atoms with E-state index in [0.29, 0.717) is 28.7 Å². The molecule has 0 spiro atoms. The maximum Gasteiger partial charge on any atom is 0.303 e. The van der Waals surface area contributed by atoms with Crippen LogP contribution in [0.1, 0.15) is 43.7 Å². The molecule has 2 aromatic carbocycles. The number of carbonyl (C=O) groups excluding carboxylic acids is 4. The van der Waals surface area contributed by atoms with E-state index in [0.717, 1.165) is 37.2 Å². The van der Waals surface area contributed by atoms with Gasteiger partial charge in [0.1, 0.15) is 23.0 Å². The highest BCUT2D eigenvalue weighted by Gasteiger charge is 2.68. The average Bonchev–Trinajstić information content (AvgIpc) is 3.81. The second-order valence-electron chi connectivity index (χ2n) is 15.5. The summed E-state index contributed by atoms with van der Waals surface area (Å²) >= 11 is 7.87. The molecular weight excluding hydrogens is 744 g/mol. The van der Waals surface area contributed by atoms with Gasteiger partial charge in [0, 0.05) is 53.7 Å². The summed E-state index contributed by atoms with van der Waals surface area (Å²) in [5.74, 6) is -5.00. The Hall–Kier alpha value is -5.27. The summed E-state index contributed by atoms with van der Waals surface area (Å²) in [5.41, 5.74) is 2.57. The fourth-order valence-corrected chi connectivity index (χ4v) is 11.3. The highest BCUT2D eigenvalue weighted by molar-refractivity contribution is 7.22. The number of ether oxygens (including phenoxy) is 1. The average molecular weight is 781 g/mol. The Morgan fingerprint density at radius 2 is 1.87 bits per heavy atom. The molecule has 55 heavy (non-hydrogen) atoms. The number of halogens is 1. The molecule has 282 valence electrons. The number of likely N-dealkylation sites (tertiary alicyclic amines) is 1. The molecule has 5 aliphatic rings. The van der Waals surface area contributed by atoms with E-state index in [-0.39, 0.29) is 49.8 Å². The van der Waals surface area contributed by atoms with Gasteiger partial charge in [-0.15, -0.1) is 11.3 Å². The number of aliphatic carboxylic acids is 1. The van der Waals surface area contributed by atoms with Gasteiger partial charge in [0.15, 0.2) is 0 Å². The minimum Gasteiger partial charge on any atom is -0.508 e. The Morgan fingerprint density at radius 3 is 2.65 bits per heavy atom. The van der Waals surface area contributed by atoms with E-state index in [1.165, 1.54) is 15.9 Å². The number of thiophene rings is 1. The lowest BCUT2D eigenvalue weighted by Gasteiger charge is -2.49. The van der Waals surface area contributed by atoms with Crippen molar-refractivity contribution < 1.29 is 38.9 Å². The predicted octanol–water partition coefficient (Wildman–Crippen LogP) is 6.42. The summed E-state index contributed by atoms with van der Waals surface area (Å²) in [6.07, 6.45) is 4.34. The number of rotatable bonds is 7. The van der Waals surface area contributed by atoms with Crippen LogP contribution in [0, 0.1) is 41.9 Å². The number of hydrogen-bond acceptors (Lipinski definition) is 9. The molecule has 2 aliphatic carbocycles. The molecule has 0 unspecified atom stereocenters. The fraction of sp³-hybridized carbons (Fsp3) is 0.366. The topological polar surface area (TPSA) is 159 Å². The van der Waals surface area contributed by atoms with Crippen molar-refractivity contribution in [2.75, 3.05) is 11.4 Å². The van der Waals surface area contributed by atoms with Gasteiger partial charge in [-0.2, -0.15) is 5.10 Å². The Bertz CT molecular complexity index is 2470. The van der Waals surface area contributed by atoms with Gasteiger partial charge in [-0.25, -0.2) is 4.90 Å². The van der Waals surface area contributed by atoms with Crippen LogP contribution in [0.3, 0.4) is 0 Å². The van der Waals surface area contributed by atoms with Gasteiger partial charge in [0.25, 0.3) is 0 Å². The van der Waals surface area contributed by atoms with Gasteiger partial charge in [0.05, 0.1) is 34.3 Å². The normalized spacial score (nSPS) is 27.1. The van der Waals surface area contributed by atoms with Gasteiger partial charge in [-0.05, 0) is 91.9 Å². The number of aromatic nitrogens is 2. The quantitative estimate of drug-likeness (QED) is 0.160. The van der Waals surface area contributed by atoms with Gasteiger partial charge < -0.3 is 14.9 Å². The van der Waals surface area contributed by atoms with Crippen LogP contribution in [0.25, 0.3) is 20.7 Å². The van der Waals surface area contributed by atoms with Gasteiger partial charge in [-0.3, -0.25) is 33.6 Å². The molecule has 1 saturated carbocycles. The van der Waals surface area contributed by atoms with Crippen LogP contribution in [0.4, 0.5) is 5.82 Å². The van der Waals surface area contributed by atoms with Crippen molar-refractivity contribution in [3.05, 3.63) is 82.1 Å². The number of carboxylic acids is 1. The summed E-state index contributed by atoms with van der Waals surface area (Å²) in [6.45, 7) is 3.82. The molecular formula is C41H37ClN4O8S. The number of amides is 4. The summed E-state index contributed by atoms with van der Waals surface area (Å²) in [6, 6.07) is 12.3. The highest BCUT2D eigenvalue weighted by atomic mass is 35.5. The lowest BCUT2D eigenvalue weighted by atomic mass is 9.51. The number of aryl methyl sites for hydroxylation is 2. The minimum absolute atomic E-state index is 0.00317. The number of allylic oxidation sites excluding steroid dienone is 3. The van der Waals surface area contributed by atoms with Crippen LogP contribution in [-0.2, 0) is 37.4 Å². The molecule has 2 N–H and O–H groups in total. The Labute approximate surface area is 324 Å². The molecule has 4 aromatic rings. The van der Waals surface area contributed by atoms with Crippen molar-refractivity contribution in [3.8, 4) is 22.1 Å². The summed E-state index contributed by atoms with van der Waals surface area (Å²) < 4.78 is 8.69. The maximum absolute atomic E-state index is 15.2. The number of phenols is 1. The van der Waals surface area contributed by atoms with E-state index in [2.05, 4.69) is 0 Å². The van der Waals surface area contributed by atoms with Crippen LogP contribution in [0.15, 0.2) is 65.9 Å². The molecule has 0 bridgehead atoms. The summed E-state index contributed by atoms with van der Waals surface area (Å²) in [5, 5.41) is 26.0. The number of anilines is 1. The summed E-state index contributed by atoms with van der Waals surface area (Å²) in [4.78, 5) is 72.4. The number of imide groups is 2. The first kappa shape index (κ1) is 35.4. The van der Waals surface area contributed by atoms with Gasteiger partial charge in [-0.1, -0.05) is 23.3 Å². The molecule has 6 atom stereocenters. The zero-order valence-electron chi connectivity index (χ0n) is 30.2. The first-order valence-electron chi connectivity index (χ1n) is 18.3. The van der Waals surface area contributed by atoms with Crippen LogP contribution < -0.4 is 9.64 Å². The smallest absolute Gasteiger partial charge is 0.303 e. The molecule has 14 heteroatoms. The van der Waals surface area contributed by atoms with Gasteiger partial charge in [0.2, 0.25) is 23.6 Å². The molecule has 0 radical (unpaired) electrons. The largest absolute Gasteiger partial charge is 0.508 e. The maximum atomic E-state index is 15.2. The molecule has 3 aliphatic heterocycles. The van der Waals surface area contributed by atoms with E-state index in [1.54, 1.807) is 47.5 Å². The number of nitrogens with zero attached hydrogens (tertiary/aromatic N) is 4. The molecule has 9 rings (SSSR count). The zero-order valence-corrected chi connectivity index (χ0v) is 31.8. The first-order chi connectivity index (χ1) is 26.3. The standard InChI is InChI=1S/C41H37ClN4O8S/c1-19-26-15-22(42)6-11-31(26)55-36(19)29-17-32(44(3)43-29)46-38(51)28-16-27-24(8-9-25-34(27)39(52)45(37(25)50)12-4-5-33(48)49)35(41(28,2)40(46)53)21-13-20-14-23(47)7-10-30(20)54-18-21/h6-8,10-11,14-15,17-18,25,27-28,34-35,47H,4-5,9,12-13,16H2,1-3H3,(H,48,49)/t25-,27+,28-,34-,35-,41+/m0/s1. The fourth-order valence-electron chi connectivity index (χ4n) is 9.95. The van der Waals surface area contributed by atoms with Crippen molar-refractivity contribution in [1.82, 2.24) is 14.7 Å². The van der Waals surface area contributed by atoms with Crippen LogP contribution in [0.5, 0.6) is 11.5 Å². The first-order valence-corrected chi connectivity index (χ1v) is 19.5. The van der Waals surface area contributed by atoms with Crippen molar-refractivity contribution in [3.63, 3.8) is 0 Å². The minimum atomic E-state index is -1.29. The van der Waals surface area contributed by atoms with E-state index in [9.17, 15) is 29.4 Å². The van der Waals surface area contributed by atoms with E-state index in [4.69, 9.17) is 21.4 Å². The zero-order chi connectivity index (χ0) is 38.7. The number of hydrogen-bond donors (Lipinski definition) is 2. The van der Waals surface area contributed by atoms with Crippen molar-refractivity contribution >= 4 is 68.4 Å². The van der Waals surface area contributed by atoms with Crippen LogP contribution in [-0.4, -0.2) is 61.0 Å². The van der Waals surface area contributed by atoms with E-state index < -0.39 is 52.8 Å². The Kier molecular flexibility index (Phi) is 8.14. The van der Waals surface area contributed by atoms with Crippen molar-refractivity contribution in [1.29, 1.82) is 0 Å². The number of carboxylic acid groups (broad SMARTS) is 1. The third-order valence-electron chi connectivity index (χ3n) is 12.5. The molecule has 4 amide bonds. The lowest BCUT2D eigenvalue weighted by molar-refractivity contribution is -0.142. The third kappa shape index (κ3) is 5.22. The number of benzene rings is 2. The Balaban J connectivity index is 1.13. The van der Waals surface area contributed by atoms with Crippen LogP contribution in [0.2, 0.25) is 5.02 Å². The van der Waals surface area contributed by atoms with Crippen LogP contribution >= 0.6 is 22.9 Å². The van der Waals surface area contributed by atoms with Crippen molar-refractivity contribution in [2.24, 2.45) is 42.1 Å². The predicted molar refractivity (Wildman–Crippen MR) is 203 cm³/mol. The monoisotopic (exact) mass is 780 g/mol. The number of fused-ring (bicyclic) bond motifs is 6. The SMILES string of the molecule is Cc1c(-c2cc(N3C(=O)[C@@H]4C[C@@H]5C(=CC[C@@H]6C(=O)N(CCCC(=O)O)C(=O)[C@@H]65)[C@H](C5=COc6ccc(O)cc6C5)[C@]4(C)C3=O)n(C)n2)sc2ccc(Cl)cc12. The third-order valence-corrected chi connectivity index (χ3v) is 14.0. The lowest BCUT2D eigenvalue weighted by Crippen LogP contribution is -2.51. The van der Waals surface area contributed by atoms with Crippen molar-refractivity contribution in [2.45, 2.75) is 46.0 Å². The second kappa shape index (κ2) is 12.6. The molecule has 12 nitrogen and oxygen atoms in total. The van der Waals surface area contributed by atoms with Gasteiger partial charge >= 0.3 is 5.97 Å². The molecule has 2 aromatic heterocycles. The van der Waals surface area contributed by atoms with E-state index >= 15 is 4.79 Å². The number of aromatic hydroxyl groups is 1. The molecule has 3 fully saturated rings. The number of phenolic OH excluding ortho intramolecular Hbond substituents is 1.